The summed E-state index contributed by atoms with van der Waals surface area (Å²) in [6.45, 7) is 2.24. The van der Waals surface area contributed by atoms with Crippen molar-refractivity contribution in [3.8, 4) is 28.3 Å². The van der Waals surface area contributed by atoms with Crippen LogP contribution in [0, 0.1) is 0 Å². The number of aromatic nitrogens is 5. The van der Waals surface area contributed by atoms with Gasteiger partial charge < -0.3 is 14.6 Å². The average Bonchev–Trinajstić information content (AvgIpc) is 3.58. The van der Waals surface area contributed by atoms with E-state index in [4.69, 9.17) is 4.74 Å². The number of hydrogen-bond donors (Lipinski definition) is 2. The van der Waals surface area contributed by atoms with Gasteiger partial charge in [-0.15, -0.1) is 0 Å². The molecule has 0 amide bonds. The molecule has 0 spiro atoms. The van der Waals surface area contributed by atoms with Gasteiger partial charge in [0, 0.05) is 58.6 Å². The zero-order valence-corrected chi connectivity index (χ0v) is 21.0. The van der Waals surface area contributed by atoms with Crippen LogP contribution in [0.2, 0.25) is 0 Å². The Morgan fingerprint density at radius 2 is 1.68 bits per heavy atom. The highest BCUT2D eigenvalue weighted by Crippen LogP contribution is 2.35. The molecule has 2 fully saturated rings. The maximum absolute atomic E-state index is 6.27. The molecule has 0 radical (unpaired) electrons. The number of anilines is 1. The molecule has 0 bridgehead atoms. The number of pyridine rings is 2. The predicted molar refractivity (Wildman–Crippen MR) is 148 cm³/mol. The van der Waals surface area contributed by atoms with Crippen molar-refractivity contribution in [1.29, 1.82) is 0 Å². The first-order chi connectivity index (χ1) is 18.3. The van der Waals surface area contributed by atoms with Crippen LogP contribution in [0.1, 0.15) is 51.4 Å². The van der Waals surface area contributed by atoms with Crippen LogP contribution in [0.3, 0.4) is 0 Å². The molecule has 1 aliphatic heterocycles. The van der Waals surface area contributed by atoms with Crippen molar-refractivity contribution < 1.29 is 4.74 Å². The van der Waals surface area contributed by atoms with Crippen LogP contribution in [-0.4, -0.2) is 44.3 Å². The van der Waals surface area contributed by atoms with Crippen molar-refractivity contribution in [3.63, 3.8) is 0 Å². The second-order valence-corrected chi connectivity index (χ2v) is 10.4. The first kappa shape index (κ1) is 22.3. The van der Waals surface area contributed by atoms with E-state index in [1.165, 1.54) is 49.6 Å². The van der Waals surface area contributed by atoms with Crippen molar-refractivity contribution >= 4 is 27.6 Å². The third-order valence-corrected chi connectivity index (χ3v) is 7.91. The predicted octanol–water partition coefficient (Wildman–Crippen LogP) is 6.87. The van der Waals surface area contributed by atoms with Crippen LogP contribution in [0.25, 0.3) is 44.5 Å². The van der Waals surface area contributed by atoms with Gasteiger partial charge in [0.25, 0.3) is 0 Å². The van der Waals surface area contributed by atoms with Crippen LogP contribution >= 0.6 is 0 Å². The smallest absolute Gasteiger partial charge is 0.155 e. The van der Waals surface area contributed by atoms with Crippen LogP contribution in [0.15, 0.2) is 55.0 Å². The third kappa shape index (κ3) is 4.32. The lowest BCUT2D eigenvalue weighted by atomic mass is 9.98. The monoisotopic (exact) mass is 492 g/mol. The zero-order chi connectivity index (χ0) is 24.6. The molecule has 0 unspecified atom stereocenters. The minimum Gasteiger partial charge on any atom is -0.489 e. The number of piperidine rings is 1. The van der Waals surface area contributed by atoms with Crippen LogP contribution in [0.5, 0.6) is 5.75 Å². The Balaban J connectivity index is 1.23. The largest absolute Gasteiger partial charge is 0.489 e. The zero-order valence-electron chi connectivity index (χ0n) is 21.0. The minimum absolute atomic E-state index is 0.295. The quantitative estimate of drug-likeness (QED) is 0.280. The SMILES string of the molecule is c1cc(N2CCCCC2)c2cc(-c3n[nH]c4ncc(-c5cncc(OC6CCCCC6)c5)cc34)[nH]c2c1. The molecule has 2 aliphatic rings. The Kier molecular flexibility index (Phi) is 5.76. The van der Waals surface area contributed by atoms with Gasteiger partial charge in [-0.25, -0.2) is 4.98 Å². The molecule has 1 saturated heterocycles. The molecule has 5 heterocycles. The van der Waals surface area contributed by atoms with E-state index in [1.807, 2.05) is 18.6 Å². The molecule has 37 heavy (non-hydrogen) atoms. The average molecular weight is 493 g/mol. The van der Waals surface area contributed by atoms with Crippen molar-refractivity contribution in [2.45, 2.75) is 57.5 Å². The molecule has 5 aromatic rings. The van der Waals surface area contributed by atoms with E-state index in [2.05, 4.69) is 66.4 Å². The van der Waals surface area contributed by atoms with Gasteiger partial charge >= 0.3 is 0 Å². The summed E-state index contributed by atoms with van der Waals surface area (Å²) < 4.78 is 6.27. The van der Waals surface area contributed by atoms with Crippen molar-refractivity contribution in [2.24, 2.45) is 0 Å². The van der Waals surface area contributed by atoms with Gasteiger partial charge in [0.05, 0.1) is 18.0 Å². The standard InChI is InChI=1S/C30H32N6O/c1-3-8-22(9-4-1)37-23-14-20(17-31-19-23)21-15-25-29(34-35-30(25)32-18-21)27-16-24-26(33-27)10-7-11-28(24)36-12-5-2-6-13-36/h7,10-11,14-19,22,33H,1-6,8-9,12-13H2,(H,32,34,35). The van der Waals surface area contributed by atoms with Gasteiger partial charge in [0.2, 0.25) is 0 Å². The number of hydrogen-bond acceptors (Lipinski definition) is 5. The van der Waals surface area contributed by atoms with Gasteiger partial charge in [0.1, 0.15) is 11.4 Å². The van der Waals surface area contributed by atoms with Gasteiger partial charge in [-0.2, -0.15) is 5.10 Å². The first-order valence-corrected chi connectivity index (χ1v) is 13.6. The molecular weight excluding hydrogens is 460 g/mol. The van der Waals surface area contributed by atoms with Gasteiger partial charge in [0.15, 0.2) is 5.65 Å². The van der Waals surface area contributed by atoms with Gasteiger partial charge in [-0.05, 0) is 75.3 Å². The van der Waals surface area contributed by atoms with E-state index >= 15 is 0 Å². The highest BCUT2D eigenvalue weighted by atomic mass is 16.5. The molecule has 7 heteroatoms. The fraction of sp³-hybridized carbons (Fsp3) is 0.367. The topological polar surface area (TPSA) is 82.7 Å². The Bertz CT molecular complexity index is 1540. The molecule has 7 rings (SSSR count). The summed E-state index contributed by atoms with van der Waals surface area (Å²) in [5, 5.41) is 10.0. The third-order valence-electron chi connectivity index (χ3n) is 7.91. The maximum atomic E-state index is 6.27. The summed E-state index contributed by atoms with van der Waals surface area (Å²) in [4.78, 5) is 15.3. The number of ether oxygens (including phenoxy) is 1. The van der Waals surface area contributed by atoms with Crippen molar-refractivity contribution in [1.82, 2.24) is 25.1 Å². The number of nitrogens with zero attached hydrogens (tertiary/aromatic N) is 4. The molecule has 1 saturated carbocycles. The Morgan fingerprint density at radius 3 is 2.57 bits per heavy atom. The lowest BCUT2D eigenvalue weighted by molar-refractivity contribution is 0.154. The van der Waals surface area contributed by atoms with E-state index in [0.29, 0.717) is 6.10 Å². The van der Waals surface area contributed by atoms with Crippen molar-refractivity contribution in [3.05, 3.63) is 55.0 Å². The van der Waals surface area contributed by atoms with Gasteiger partial charge in [-0.1, -0.05) is 12.5 Å². The highest BCUT2D eigenvalue weighted by molar-refractivity contribution is 6.00. The summed E-state index contributed by atoms with van der Waals surface area (Å²) in [6, 6.07) is 13.0. The summed E-state index contributed by atoms with van der Waals surface area (Å²) in [5.41, 5.74) is 7.09. The molecule has 4 aromatic heterocycles. The molecule has 1 aliphatic carbocycles. The molecule has 188 valence electrons. The number of fused-ring (bicyclic) bond motifs is 2. The van der Waals surface area contributed by atoms with E-state index in [-0.39, 0.29) is 0 Å². The highest BCUT2D eigenvalue weighted by Gasteiger charge is 2.19. The fourth-order valence-corrected chi connectivity index (χ4v) is 5.96. The van der Waals surface area contributed by atoms with E-state index < -0.39 is 0 Å². The summed E-state index contributed by atoms with van der Waals surface area (Å²) in [6.07, 6.45) is 15.8. The minimum atomic E-state index is 0.295. The van der Waals surface area contributed by atoms with E-state index in [1.54, 1.807) is 0 Å². The Labute approximate surface area is 216 Å². The Morgan fingerprint density at radius 1 is 0.838 bits per heavy atom. The van der Waals surface area contributed by atoms with E-state index in [9.17, 15) is 0 Å². The molecule has 0 atom stereocenters. The summed E-state index contributed by atoms with van der Waals surface area (Å²) >= 11 is 0. The lowest BCUT2D eigenvalue weighted by Crippen LogP contribution is -2.29. The number of benzene rings is 1. The van der Waals surface area contributed by atoms with Crippen LogP contribution < -0.4 is 9.64 Å². The molecule has 7 nitrogen and oxygen atoms in total. The van der Waals surface area contributed by atoms with Crippen LogP contribution in [0.4, 0.5) is 5.69 Å². The Hall–Kier alpha value is -3.87. The molecule has 2 N–H and O–H groups in total. The normalized spacial score (nSPS) is 17.0. The number of aromatic amines is 2. The van der Waals surface area contributed by atoms with E-state index in [0.717, 1.165) is 70.7 Å². The molecule has 1 aromatic carbocycles. The maximum Gasteiger partial charge on any atom is 0.155 e. The number of nitrogens with one attached hydrogen (secondary N) is 2. The van der Waals surface area contributed by atoms with Crippen molar-refractivity contribution in [2.75, 3.05) is 18.0 Å². The first-order valence-electron chi connectivity index (χ1n) is 13.6. The van der Waals surface area contributed by atoms with Gasteiger partial charge in [-0.3, -0.25) is 10.1 Å². The van der Waals surface area contributed by atoms with Crippen LogP contribution in [-0.2, 0) is 0 Å². The second-order valence-electron chi connectivity index (χ2n) is 10.4. The lowest BCUT2D eigenvalue weighted by Gasteiger charge is -2.29. The summed E-state index contributed by atoms with van der Waals surface area (Å²) in [5.74, 6) is 0.831. The number of rotatable bonds is 5. The summed E-state index contributed by atoms with van der Waals surface area (Å²) in [7, 11) is 0. The second kappa shape index (κ2) is 9.54. The fourth-order valence-electron chi connectivity index (χ4n) is 5.96. The molecular formula is C30H32N6O. The number of H-pyrrole nitrogens is 2.